The van der Waals surface area contributed by atoms with Crippen molar-refractivity contribution in [1.82, 2.24) is 0 Å². The highest BCUT2D eigenvalue weighted by Crippen LogP contribution is 2.31. The number of rotatable bonds is 4. The van der Waals surface area contributed by atoms with Crippen LogP contribution in [-0.2, 0) is 0 Å². The second-order valence-corrected chi connectivity index (χ2v) is 5.10. The zero-order chi connectivity index (χ0) is 13.8. The Morgan fingerprint density at radius 3 is 2.37 bits per heavy atom. The van der Waals surface area contributed by atoms with E-state index >= 15 is 0 Å². The van der Waals surface area contributed by atoms with Gasteiger partial charge in [-0.1, -0.05) is 42.3 Å². The zero-order valence-electron chi connectivity index (χ0n) is 10.6. The molecule has 0 saturated carbocycles. The summed E-state index contributed by atoms with van der Waals surface area (Å²) in [6, 6.07) is 12.9. The summed E-state index contributed by atoms with van der Waals surface area (Å²) in [6.45, 7) is 2.06. The van der Waals surface area contributed by atoms with Gasteiger partial charge in [-0.3, -0.25) is 0 Å². The van der Waals surface area contributed by atoms with E-state index in [1.165, 1.54) is 0 Å². The van der Waals surface area contributed by atoms with Crippen molar-refractivity contribution < 1.29 is 4.74 Å². The SMILES string of the molecule is CCC(N)c1ccc(Oc2ccc(Cl)cc2Cl)cc1. The van der Waals surface area contributed by atoms with Crippen LogP contribution in [0.3, 0.4) is 0 Å². The Hall–Kier alpha value is -1.22. The molecule has 0 bridgehead atoms. The predicted molar refractivity (Wildman–Crippen MR) is 80.2 cm³/mol. The van der Waals surface area contributed by atoms with Crippen LogP contribution in [0.25, 0.3) is 0 Å². The van der Waals surface area contributed by atoms with E-state index in [1.54, 1.807) is 18.2 Å². The number of hydrogen-bond donors (Lipinski definition) is 1. The van der Waals surface area contributed by atoms with E-state index < -0.39 is 0 Å². The summed E-state index contributed by atoms with van der Waals surface area (Å²) in [5, 5.41) is 1.07. The van der Waals surface area contributed by atoms with Crippen LogP contribution in [0.15, 0.2) is 42.5 Å². The normalized spacial score (nSPS) is 12.2. The topological polar surface area (TPSA) is 35.2 Å². The Morgan fingerprint density at radius 2 is 1.79 bits per heavy atom. The number of benzene rings is 2. The van der Waals surface area contributed by atoms with Gasteiger partial charge in [-0.2, -0.15) is 0 Å². The van der Waals surface area contributed by atoms with Crippen LogP contribution in [0.4, 0.5) is 0 Å². The van der Waals surface area contributed by atoms with Gasteiger partial charge in [0.25, 0.3) is 0 Å². The summed E-state index contributed by atoms with van der Waals surface area (Å²) in [5.74, 6) is 1.30. The maximum absolute atomic E-state index is 6.05. The fourth-order valence-electron chi connectivity index (χ4n) is 1.70. The molecule has 4 heteroatoms. The second-order valence-electron chi connectivity index (χ2n) is 4.26. The van der Waals surface area contributed by atoms with Gasteiger partial charge in [-0.05, 0) is 42.3 Å². The third-order valence-electron chi connectivity index (χ3n) is 2.87. The van der Waals surface area contributed by atoms with Crippen LogP contribution >= 0.6 is 23.2 Å². The minimum absolute atomic E-state index is 0.0631. The minimum Gasteiger partial charge on any atom is -0.456 e. The van der Waals surface area contributed by atoms with Crippen molar-refractivity contribution in [2.45, 2.75) is 19.4 Å². The molecule has 0 amide bonds. The van der Waals surface area contributed by atoms with E-state index in [-0.39, 0.29) is 6.04 Å². The molecule has 0 heterocycles. The molecule has 1 atom stereocenters. The van der Waals surface area contributed by atoms with Crippen LogP contribution in [0, 0.1) is 0 Å². The van der Waals surface area contributed by atoms with Gasteiger partial charge in [0.15, 0.2) is 0 Å². The third-order valence-corrected chi connectivity index (χ3v) is 3.40. The molecule has 0 aromatic heterocycles. The molecule has 2 aromatic rings. The average Bonchev–Trinajstić information content (AvgIpc) is 2.42. The van der Waals surface area contributed by atoms with Crippen molar-refractivity contribution in [2.24, 2.45) is 5.73 Å². The monoisotopic (exact) mass is 295 g/mol. The number of hydrogen-bond acceptors (Lipinski definition) is 2. The molecule has 1 unspecified atom stereocenters. The summed E-state index contributed by atoms with van der Waals surface area (Å²) < 4.78 is 5.70. The molecule has 2 N–H and O–H groups in total. The lowest BCUT2D eigenvalue weighted by molar-refractivity contribution is 0.482. The first kappa shape index (κ1) is 14.2. The van der Waals surface area contributed by atoms with Crippen LogP contribution in [0.2, 0.25) is 10.0 Å². The van der Waals surface area contributed by atoms with Crippen LogP contribution < -0.4 is 10.5 Å². The molecule has 0 radical (unpaired) electrons. The number of nitrogens with two attached hydrogens (primary N) is 1. The molecule has 0 spiro atoms. The summed E-state index contributed by atoms with van der Waals surface area (Å²) in [4.78, 5) is 0. The van der Waals surface area contributed by atoms with E-state index in [9.17, 15) is 0 Å². The van der Waals surface area contributed by atoms with Crippen molar-refractivity contribution in [1.29, 1.82) is 0 Å². The Morgan fingerprint density at radius 1 is 1.11 bits per heavy atom. The Kier molecular flexibility index (Phi) is 4.70. The van der Waals surface area contributed by atoms with Gasteiger partial charge in [0, 0.05) is 11.1 Å². The summed E-state index contributed by atoms with van der Waals surface area (Å²) in [7, 11) is 0. The van der Waals surface area contributed by atoms with E-state index in [1.807, 2.05) is 24.3 Å². The lowest BCUT2D eigenvalue weighted by Crippen LogP contribution is -2.07. The first-order chi connectivity index (χ1) is 9.10. The molecule has 0 aliphatic rings. The fraction of sp³-hybridized carbons (Fsp3) is 0.200. The van der Waals surface area contributed by atoms with E-state index in [4.69, 9.17) is 33.7 Å². The van der Waals surface area contributed by atoms with Gasteiger partial charge in [0.2, 0.25) is 0 Å². The molecule has 2 rings (SSSR count). The van der Waals surface area contributed by atoms with Crippen molar-refractivity contribution in [3.05, 3.63) is 58.1 Å². The smallest absolute Gasteiger partial charge is 0.146 e. The molecule has 0 aliphatic heterocycles. The highest BCUT2D eigenvalue weighted by Gasteiger charge is 2.06. The maximum Gasteiger partial charge on any atom is 0.146 e. The van der Waals surface area contributed by atoms with Gasteiger partial charge in [0.05, 0.1) is 5.02 Å². The Balaban J connectivity index is 2.15. The third kappa shape index (κ3) is 3.63. The Labute approximate surface area is 123 Å². The molecule has 2 nitrogen and oxygen atoms in total. The lowest BCUT2D eigenvalue weighted by Gasteiger charge is -2.11. The molecule has 100 valence electrons. The van der Waals surface area contributed by atoms with Crippen molar-refractivity contribution >= 4 is 23.2 Å². The van der Waals surface area contributed by atoms with E-state index in [0.717, 1.165) is 17.7 Å². The van der Waals surface area contributed by atoms with Gasteiger partial charge in [0.1, 0.15) is 11.5 Å². The summed E-state index contributed by atoms with van der Waals surface area (Å²) in [5.41, 5.74) is 7.06. The Bertz CT molecular complexity index is 555. The predicted octanol–water partition coefficient (Wildman–Crippen LogP) is 5.20. The van der Waals surface area contributed by atoms with E-state index in [0.29, 0.717) is 15.8 Å². The van der Waals surface area contributed by atoms with Crippen molar-refractivity contribution in [2.75, 3.05) is 0 Å². The number of ether oxygens (including phenoxy) is 1. The lowest BCUT2D eigenvalue weighted by atomic mass is 10.1. The summed E-state index contributed by atoms with van der Waals surface area (Å²) >= 11 is 11.9. The first-order valence-electron chi connectivity index (χ1n) is 6.08. The second kappa shape index (κ2) is 6.29. The highest BCUT2D eigenvalue weighted by molar-refractivity contribution is 6.35. The molecule has 0 saturated heterocycles. The van der Waals surface area contributed by atoms with E-state index in [2.05, 4.69) is 6.92 Å². The molecule has 19 heavy (non-hydrogen) atoms. The van der Waals surface area contributed by atoms with Crippen LogP contribution in [-0.4, -0.2) is 0 Å². The van der Waals surface area contributed by atoms with Crippen molar-refractivity contribution in [3.8, 4) is 11.5 Å². The van der Waals surface area contributed by atoms with Crippen LogP contribution in [0.5, 0.6) is 11.5 Å². The molecule has 2 aromatic carbocycles. The maximum atomic E-state index is 6.05. The fourth-order valence-corrected chi connectivity index (χ4v) is 2.15. The molecular formula is C15H15Cl2NO. The number of halogens is 2. The molecular weight excluding hydrogens is 281 g/mol. The first-order valence-corrected chi connectivity index (χ1v) is 6.84. The van der Waals surface area contributed by atoms with Gasteiger partial charge >= 0.3 is 0 Å². The quantitative estimate of drug-likeness (QED) is 0.842. The molecule has 0 fully saturated rings. The van der Waals surface area contributed by atoms with Crippen LogP contribution in [0.1, 0.15) is 24.9 Å². The van der Waals surface area contributed by atoms with Crippen molar-refractivity contribution in [3.63, 3.8) is 0 Å². The largest absolute Gasteiger partial charge is 0.456 e. The minimum atomic E-state index is 0.0631. The zero-order valence-corrected chi connectivity index (χ0v) is 12.1. The summed E-state index contributed by atoms with van der Waals surface area (Å²) in [6.07, 6.45) is 0.906. The standard InChI is InChI=1S/C15H15Cl2NO/c1-2-14(18)10-3-6-12(7-4-10)19-15-8-5-11(16)9-13(15)17/h3-9,14H,2,18H2,1H3. The van der Waals surface area contributed by atoms with Gasteiger partial charge in [-0.15, -0.1) is 0 Å². The van der Waals surface area contributed by atoms with Gasteiger partial charge < -0.3 is 10.5 Å². The van der Waals surface area contributed by atoms with Gasteiger partial charge in [-0.25, -0.2) is 0 Å². The average molecular weight is 296 g/mol. The highest BCUT2D eigenvalue weighted by atomic mass is 35.5. The molecule has 0 aliphatic carbocycles.